The average Bonchev–Trinajstić information content (AvgIpc) is 2.57. The zero-order chi connectivity index (χ0) is 18.2. The molecule has 0 aromatic rings. The molecule has 0 amide bonds. The van der Waals surface area contributed by atoms with Crippen molar-refractivity contribution in [1.29, 1.82) is 0 Å². The first-order chi connectivity index (χ1) is 11.4. The van der Waals surface area contributed by atoms with Crippen molar-refractivity contribution in [3.63, 3.8) is 0 Å². The lowest BCUT2D eigenvalue weighted by Crippen LogP contribution is -2.77. The molecular weight excluding hydrogens is 320 g/mol. The van der Waals surface area contributed by atoms with Gasteiger partial charge in [0, 0.05) is 37.8 Å². The molecule has 1 fully saturated rings. The monoisotopic (exact) mass is 360 g/mol. The van der Waals surface area contributed by atoms with Gasteiger partial charge in [-0.2, -0.15) is 0 Å². The van der Waals surface area contributed by atoms with Crippen molar-refractivity contribution < 1.29 is 13.6 Å². The molecule has 0 radical (unpaired) electrons. The van der Waals surface area contributed by atoms with Crippen LogP contribution >= 0.6 is 0 Å². The molecule has 24 heavy (non-hydrogen) atoms. The molecule has 144 valence electrons. The highest BCUT2D eigenvalue weighted by molar-refractivity contribution is 6.71. The molecule has 0 aliphatic carbocycles. The third kappa shape index (κ3) is 4.40. The largest absolute Gasteiger partial charge is 0.393 e. The Labute approximate surface area is 150 Å². The lowest BCUT2D eigenvalue weighted by molar-refractivity contribution is -0.0927. The Kier molecular flexibility index (Phi) is 9.41. The normalized spacial score (nSPS) is 29.4. The van der Waals surface area contributed by atoms with Gasteiger partial charge < -0.3 is 25.1 Å². The van der Waals surface area contributed by atoms with Crippen LogP contribution < -0.4 is 11.5 Å². The quantitative estimate of drug-likeness (QED) is 0.554. The Morgan fingerprint density at radius 3 is 2.04 bits per heavy atom. The van der Waals surface area contributed by atoms with Crippen LogP contribution in [-0.4, -0.2) is 45.7 Å². The Bertz CT molecular complexity index is 349. The van der Waals surface area contributed by atoms with E-state index in [9.17, 15) is 0 Å². The third-order valence-corrected chi connectivity index (χ3v) is 9.77. The van der Waals surface area contributed by atoms with E-state index in [0.717, 1.165) is 38.1 Å². The van der Waals surface area contributed by atoms with Gasteiger partial charge in [0.25, 0.3) is 0 Å². The van der Waals surface area contributed by atoms with Crippen molar-refractivity contribution in [2.75, 3.05) is 19.8 Å². The summed E-state index contributed by atoms with van der Waals surface area (Å²) in [6, 6.07) is 0.842. The van der Waals surface area contributed by atoms with Gasteiger partial charge in [-0.05, 0) is 45.1 Å². The summed E-state index contributed by atoms with van der Waals surface area (Å²) in [6.45, 7) is 12.7. The van der Waals surface area contributed by atoms with E-state index >= 15 is 0 Å². The minimum absolute atomic E-state index is 0.0201. The van der Waals surface area contributed by atoms with E-state index in [1.807, 2.05) is 6.92 Å². The lowest BCUT2D eigenvalue weighted by Gasteiger charge is -2.56. The Morgan fingerprint density at radius 1 is 1.04 bits per heavy atom. The minimum Gasteiger partial charge on any atom is -0.393 e. The van der Waals surface area contributed by atoms with Crippen molar-refractivity contribution in [1.82, 2.24) is 0 Å². The Balaban J connectivity index is 3.36. The molecule has 1 aliphatic rings. The van der Waals surface area contributed by atoms with Gasteiger partial charge in [-0.1, -0.05) is 27.7 Å². The summed E-state index contributed by atoms with van der Waals surface area (Å²) >= 11 is 0. The molecule has 1 saturated heterocycles. The Morgan fingerprint density at radius 2 is 1.58 bits per heavy atom. The molecule has 1 heterocycles. The minimum atomic E-state index is -2.66. The van der Waals surface area contributed by atoms with Crippen LogP contribution in [0.1, 0.15) is 66.7 Å². The molecule has 1 aliphatic heterocycles. The summed E-state index contributed by atoms with van der Waals surface area (Å²) in [5, 5.41) is -0.570. The molecule has 4 unspecified atom stereocenters. The van der Waals surface area contributed by atoms with E-state index in [1.54, 1.807) is 0 Å². The van der Waals surface area contributed by atoms with Gasteiger partial charge in [-0.3, -0.25) is 0 Å². The lowest BCUT2D eigenvalue weighted by atomic mass is 9.89. The molecule has 0 bridgehead atoms. The van der Waals surface area contributed by atoms with Crippen molar-refractivity contribution in [2.45, 2.75) is 90.1 Å². The molecule has 6 heteroatoms. The molecular formula is C18H40N2O3Si. The number of ether oxygens (including phenoxy) is 1. The predicted molar refractivity (Wildman–Crippen MR) is 102 cm³/mol. The van der Waals surface area contributed by atoms with Crippen molar-refractivity contribution in [3.8, 4) is 0 Å². The van der Waals surface area contributed by atoms with E-state index in [4.69, 9.17) is 25.1 Å². The van der Waals surface area contributed by atoms with E-state index in [0.29, 0.717) is 19.8 Å². The summed E-state index contributed by atoms with van der Waals surface area (Å²) in [5.41, 5.74) is 13.0. The summed E-state index contributed by atoms with van der Waals surface area (Å²) in [5.74, 6) is 0.0970. The first kappa shape index (κ1) is 22.1. The molecule has 0 aromatic carbocycles. The van der Waals surface area contributed by atoms with Crippen LogP contribution in [0, 0.1) is 5.92 Å². The number of nitrogens with two attached hydrogens (primary N) is 2. The maximum Gasteiger partial charge on any atom is 0.373 e. The summed E-state index contributed by atoms with van der Waals surface area (Å²) in [7, 11) is -2.66. The second-order valence-electron chi connectivity index (χ2n) is 7.24. The Hall–Kier alpha value is 0.0169. The van der Waals surface area contributed by atoms with Gasteiger partial charge in [-0.25, -0.2) is 0 Å². The highest BCUT2D eigenvalue weighted by Crippen LogP contribution is 2.46. The van der Waals surface area contributed by atoms with Gasteiger partial charge >= 0.3 is 8.56 Å². The average molecular weight is 361 g/mol. The van der Waals surface area contributed by atoms with Crippen LogP contribution in [0.15, 0.2) is 0 Å². The maximum atomic E-state index is 6.71. The van der Waals surface area contributed by atoms with Crippen LogP contribution in [0.25, 0.3) is 0 Å². The second-order valence-corrected chi connectivity index (χ2v) is 10.6. The smallest absolute Gasteiger partial charge is 0.373 e. The highest BCUT2D eigenvalue weighted by Gasteiger charge is 2.66. The topological polar surface area (TPSA) is 79.7 Å². The molecule has 1 rings (SSSR count). The van der Waals surface area contributed by atoms with E-state index in [2.05, 4.69) is 27.7 Å². The molecule has 0 saturated carbocycles. The van der Waals surface area contributed by atoms with Gasteiger partial charge in [0.1, 0.15) is 5.22 Å². The fourth-order valence-corrected chi connectivity index (χ4v) is 8.83. The first-order valence-corrected chi connectivity index (χ1v) is 11.9. The second kappa shape index (κ2) is 10.2. The maximum absolute atomic E-state index is 6.71. The molecule has 4 atom stereocenters. The number of hydrogen-bond acceptors (Lipinski definition) is 5. The van der Waals surface area contributed by atoms with Crippen LogP contribution in [0.4, 0.5) is 0 Å². The summed E-state index contributed by atoms with van der Waals surface area (Å²) < 4.78 is 19.6. The van der Waals surface area contributed by atoms with Crippen LogP contribution in [-0.2, 0) is 13.6 Å². The first-order valence-electron chi connectivity index (χ1n) is 9.84. The van der Waals surface area contributed by atoms with Gasteiger partial charge in [0.15, 0.2) is 0 Å². The van der Waals surface area contributed by atoms with Gasteiger partial charge in [0.2, 0.25) is 0 Å². The number of rotatable bonds is 11. The zero-order valence-electron chi connectivity index (χ0n) is 16.5. The fourth-order valence-electron chi connectivity index (χ4n) is 3.89. The molecule has 0 aromatic heterocycles. The van der Waals surface area contributed by atoms with Crippen molar-refractivity contribution in [2.24, 2.45) is 17.4 Å². The third-order valence-electron chi connectivity index (χ3n) is 5.26. The standard InChI is InChI=1S/C18H40N2O3Si/c1-6-11-21-18(15(4)16(5)19)17(20)10-9-14-24(18,22-12-7-2)23-13-8-3/h15-17H,6-14,19-20H2,1-5H3. The molecule has 5 nitrogen and oxygen atoms in total. The SMILES string of the molecule is CCCOC1(C(C)C(C)N)C(N)CCC[Si]1(OCCC)OCCC. The number of hydrogen-bond donors (Lipinski definition) is 2. The van der Waals surface area contributed by atoms with Crippen molar-refractivity contribution >= 4 is 8.56 Å². The summed E-state index contributed by atoms with van der Waals surface area (Å²) in [4.78, 5) is 0. The summed E-state index contributed by atoms with van der Waals surface area (Å²) in [6.07, 6.45) is 4.88. The van der Waals surface area contributed by atoms with E-state index < -0.39 is 13.8 Å². The molecule has 0 spiro atoms. The molecule has 4 N–H and O–H groups in total. The van der Waals surface area contributed by atoms with E-state index in [1.165, 1.54) is 0 Å². The van der Waals surface area contributed by atoms with Crippen LogP contribution in [0.3, 0.4) is 0 Å². The van der Waals surface area contributed by atoms with Crippen molar-refractivity contribution in [3.05, 3.63) is 0 Å². The zero-order valence-corrected chi connectivity index (χ0v) is 17.5. The van der Waals surface area contributed by atoms with Gasteiger partial charge in [0.05, 0.1) is 0 Å². The van der Waals surface area contributed by atoms with Crippen LogP contribution in [0.5, 0.6) is 0 Å². The fraction of sp³-hybridized carbons (Fsp3) is 1.00. The predicted octanol–water partition coefficient (Wildman–Crippen LogP) is 3.09. The highest BCUT2D eigenvalue weighted by atomic mass is 28.4. The van der Waals surface area contributed by atoms with Gasteiger partial charge in [-0.15, -0.1) is 0 Å². The van der Waals surface area contributed by atoms with E-state index in [-0.39, 0.29) is 18.0 Å². The van der Waals surface area contributed by atoms with Crippen LogP contribution in [0.2, 0.25) is 6.04 Å².